The molecule has 14 heteroatoms. The van der Waals surface area contributed by atoms with Crippen LogP contribution in [0, 0.1) is 0 Å². The van der Waals surface area contributed by atoms with E-state index in [4.69, 9.17) is 28.8 Å². The van der Waals surface area contributed by atoms with Crippen LogP contribution in [0.5, 0.6) is 0 Å². The molecular weight excluding hydrogens is 495 g/mol. The van der Waals surface area contributed by atoms with Gasteiger partial charge in [-0.25, -0.2) is 0 Å². The second kappa shape index (κ2) is 18.0. The summed E-state index contributed by atoms with van der Waals surface area (Å²) in [6.45, 7) is 4.58. The molecule has 0 aromatic carbocycles. The first-order valence-corrected chi connectivity index (χ1v) is 15.1. The summed E-state index contributed by atoms with van der Waals surface area (Å²) in [5.74, 6) is -3.09. The number of hydrogen-bond acceptors (Lipinski definition) is 11. The SMILES string of the molecule is CCC[CH2][Sn+2][CH2]CCC.O=C([O-])/C=C\C(=O)[O-].O[Si](O)(O)O[Si](O)(O)O. The molecule has 0 bridgehead atoms. The summed E-state index contributed by atoms with van der Waals surface area (Å²) in [5.41, 5.74) is 0. The van der Waals surface area contributed by atoms with Gasteiger partial charge in [-0.2, -0.15) is 0 Å². The van der Waals surface area contributed by atoms with Crippen molar-refractivity contribution in [2.45, 2.75) is 48.4 Å². The van der Waals surface area contributed by atoms with Crippen molar-refractivity contribution >= 4 is 51.2 Å². The standard InChI is InChI=1S/C4H4O4.2C4H9.H6O7Si2.Sn/c5-3(6)1-2-4(7)8;2*1-3-4-2;1-8(2,3)7-9(4,5)6;/h1-2H,(H,5,6)(H,7,8);2*1,3-4H2,2H3;1-6H;/q;;;;+2/p-2/b2-1-;;;;. The molecule has 0 radical (unpaired) electrons. The van der Waals surface area contributed by atoms with Crippen LogP contribution in [-0.4, -0.2) is 80.0 Å². The summed E-state index contributed by atoms with van der Waals surface area (Å²) < 4.78 is 6.49. The maximum Gasteiger partial charge on any atom is 0.665 e. The molecule has 0 aliphatic rings. The fourth-order valence-electron chi connectivity index (χ4n) is 1.05. The van der Waals surface area contributed by atoms with Crippen molar-refractivity contribution in [2.24, 2.45) is 0 Å². The summed E-state index contributed by atoms with van der Waals surface area (Å²) in [5, 5.41) is 18.8. The van der Waals surface area contributed by atoms with Crippen LogP contribution in [-0.2, 0) is 13.7 Å². The Balaban J connectivity index is -0.000000306. The molecule has 0 amide bonds. The van der Waals surface area contributed by atoms with Gasteiger partial charge < -0.3 is 52.7 Å². The number of carboxylic acids is 2. The molecule has 0 aromatic rings. The van der Waals surface area contributed by atoms with E-state index in [1.54, 1.807) is 8.87 Å². The van der Waals surface area contributed by atoms with Gasteiger partial charge >= 0.3 is 87.6 Å². The van der Waals surface area contributed by atoms with Gasteiger partial charge in [0.2, 0.25) is 0 Å². The normalized spacial score (nSPS) is 10.9. The molecule has 6 N–H and O–H groups in total. The Kier molecular flexibility index (Phi) is 21.0. The van der Waals surface area contributed by atoms with Crippen molar-refractivity contribution in [1.29, 1.82) is 0 Å². The summed E-state index contributed by atoms with van der Waals surface area (Å²) in [7, 11) is -9.96. The first-order chi connectivity index (χ1) is 11.7. The molecule has 0 heterocycles. The minimum atomic E-state index is -4.98. The number of unbranched alkanes of at least 4 members (excludes halogenated alkanes) is 2. The Hall–Kier alpha value is -0.368. The average Bonchev–Trinajstić information content (AvgIpc) is 2.42. The molecule has 11 nitrogen and oxygen atoms in total. The van der Waals surface area contributed by atoms with Gasteiger partial charge in [0.1, 0.15) is 0 Å². The van der Waals surface area contributed by atoms with Crippen LogP contribution in [0.4, 0.5) is 0 Å². The van der Waals surface area contributed by atoms with E-state index in [0.29, 0.717) is 12.2 Å². The monoisotopic (exact) mass is 522 g/mol. The third-order valence-electron chi connectivity index (χ3n) is 2.04. The molecule has 0 rings (SSSR count). The van der Waals surface area contributed by atoms with Gasteiger partial charge in [-0.05, 0) is 12.2 Å². The summed E-state index contributed by atoms with van der Waals surface area (Å²) in [6.07, 6.45) is 6.61. The van der Waals surface area contributed by atoms with Crippen LogP contribution >= 0.6 is 0 Å². The minimum Gasteiger partial charge on any atom is -0.545 e. The summed E-state index contributed by atoms with van der Waals surface area (Å²) in [4.78, 5) is 66.4. The zero-order valence-corrected chi connectivity index (χ0v) is 19.5. The quantitative estimate of drug-likeness (QED) is 0.0927. The van der Waals surface area contributed by atoms with E-state index in [0.717, 1.165) is 0 Å². The number of carbonyl (C=O) groups excluding carboxylic acids is 2. The molecule has 0 unspecified atom stereocenters. The first kappa shape index (κ1) is 30.4. The number of carboxylic acid groups (broad SMARTS) is 2. The molecule has 0 spiro atoms. The molecule has 0 aromatic heterocycles. The van der Waals surface area contributed by atoms with Crippen LogP contribution < -0.4 is 10.2 Å². The van der Waals surface area contributed by atoms with E-state index >= 15 is 0 Å². The predicted octanol–water partition coefficient (Wildman–Crippen LogP) is -4.00. The number of hydrogen-bond donors (Lipinski definition) is 6. The van der Waals surface area contributed by atoms with Crippen LogP contribution in [0.3, 0.4) is 0 Å². The molecule has 0 aliphatic carbocycles. The topological polar surface area (TPSA) is 211 Å². The Bertz CT molecular complexity index is 360. The Morgan fingerprint density at radius 1 is 0.846 bits per heavy atom. The third-order valence-corrected chi connectivity index (χ3v) is 8.27. The van der Waals surface area contributed by atoms with Gasteiger partial charge in [-0.3, -0.25) is 0 Å². The van der Waals surface area contributed by atoms with Gasteiger partial charge in [0.15, 0.2) is 0 Å². The van der Waals surface area contributed by atoms with Gasteiger partial charge in [-0.15, -0.1) is 0 Å². The fourth-order valence-corrected chi connectivity index (χ4v) is 6.68. The average molecular weight is 521 g/mol. The summed E-state index contributed by atoms with van der Waals surface area (Å²) >= 11 is 0.149. The Morgan fingerprint density at radius 3 is 1.31 bits per heavy atom. The molecule has 152 valence electrons. The van der Waals surface area contributed by atoms with Crippen molar-refractivity contribution in [2.75, 3.05) is 0 Å². The maximum absolute atomic E-state index is 9.41. The van der Waals surface area contributed by atoms with Crippen LogP contribution in [0.2, 0.25) is 8.87 Å². The summed E-state index contributed by atoms with van der Waals surface area (Å²) in [6, 6.07) is 0. The van der Waals surface area contributed by atoms with Crippen molar-refractivity contribution in [3.63, 3.8) is 0 Å². The molecule has 0 aliphatic heterocycles. The minimum absolute atomic E-state index is 0.149. The second-order valence-electron chi connectivity index (χ2n) is 4.68. The van der Waals surface area contributed by atoms with E-state index in [9.17, 15) is 19.8 Å². The number of carbonyl (C=O) groups is 2. The van der Waals surface area contributed by atoms with Crippen molar-refractivity contribution in [1.82, 2.24) is 0 Å². The van der Waals surface area contributed by atoms with Crippen LogP contribution in [0.1, 0.15) is 39.5 Å². The molecule has 0 fully saturated rings. The third kappa shape index (κ3) is 43.8. The van der Waals surface area contributed by atoms with Gasteiger partial charge in [-0.1, -0.05) is 0 Å². The second-order valence-corrected chi connectivity index (χ2v) is 12.1. The van der Waals surface area contributed by atoms with E-state index < -0.39 is 30.0 Å². The molecule has 0 saturated carbocycles. The van der Waals surface area contributed by atoms with Crippen molar-refractivity contribution < 1.29 is 52.7 Å². The fraction of sp³-hybridized carbons (Fsp3) is 0.667. The zero-order valence-electron chi connectivity index (χ0n) is 14.6. The van der Waals surface area contributed by atoms with Gasteiger partial charge in [0, 0.05) is 0 Å². The van der Waals surface area contributed by atoms with Gasteiger partial charge in [0.25, 0.3) is 0 Å². The Morgan fingerprint density at radius 2 is 1.15 bits per heavy atom. The zero-order chi connectivity index (χ0) is 21.2. The molecule has 26 heavy (non-hydrogen) atoms. The van der Waals surface area contributed by atoms with Crippen molar-refractivity contribution in [3.05, 3.63) is 12.2 Å². The molecular formula is C12H26O11Si2Sn. The van der Waals surface area contributed by atoms with E-state index in [-0.39, 0.29) is 21.1 Å². The van der Waals surface area contributed by atoms with E-state index in [1.807, 2.05) is 0 Å². The predicted molar refractivity (Wildman–Crippen MR) is 90.2 cm³/mol. The molecule has 0 atom stereocenters. The molecule has 0 saturated heterocycles. The first-order valence-electron chi connectivity index (χ1n) is 7.60. The number of aliphatic carboxylic acids is 2. The van der Waals surface area contributed by atoms with Crippen LogP contribution in [0.25, 0.3) is 0 Å². The number of rotatable bonds is 10. The Labute approximate surface area is 164 Å². The smallest absolute Gasteiger partial charge is 0.545 e. The maximum atomic E-state index is 9.41. The van der Waals surface area contributed by atoms with Crippen molar-refractivity contribution in [3.8, 4) is 0 Å². The largest absolute Gasteiger partial charge is 0.665 e. The van der Waals surface area contributed by atoms with E-state index in [1.165, 1.54) is 25.7 Å². The van der Waals surface area contributed by atoms with Crippen LogP contribution in [0.15, 0.2) is 12.2 Å². The van der Waals surface area contributed by atoms with E-state index in [2.05, 4.69) is 18.0 Å². The van der Waals surface area contributed by atoms with Gasteiger partial charge in [0.05, 0.1) is 11.9 Å².